The van der Waals surface area contributed by atoms with Crippen molar-refractivity contribution in [2.24, 2.45) is 0 Å². The fraction of sp³-hybridized carbons (Fsp3) is 0.444. The molecule has 1 aliphatic rings. The zero-order valence-corrected chi connectivity index (χ0v) is 7.28. The van der Waals surface area contributed by atoms with Crippen molar-refractivity contribution in [1.82, 2.24) is 4.98 Å². The molecule has 0 saturated heterocycles. The lowest BCUT2D eigenvalue weighted by Crippen LogP contribution is -1.91. The first-order chi connectivity index (χ1) is 5.27. The highest BCUT2D eigenvalue weighted by molar-refractivity contribution is 6.29. The molecule has 1 aliphatic carbocycles. The van der Waals surface area contributed by atoms with Gasteiger partial charge in [-0.3, -0.25) is 0 Å². The molecule has 0 bridgehead atoms. The summed E-state index contributed by atoms with van der Waals surface area (Å²) >= 11 is 5.82. The molecule has 1 aromatic heterocycles. The molecule has 58 valence electrons. The van der Waals surface area contributed by atoms with Gasteiger partial charge in [0.2, 0.25) is 0 Å². The van der Waals surface area contributed by atoms with Gasteiger partial charge in [0.1, 0.15) is 5.15 Å². The monoisotopic (exact) mass is 167 g/mol. The number of halogens is 1. The molecule has 11 heavy (non-hydrogen) atoms. The summed E-state index contributed by atoms with van der Waals surface area (Å²) in [6.45, 7) is 2.11. The topological polar surface area (TPSA) is 12.9 Å². The second kappa shape index (κ2) is 2.49. The first kappa shape index (κ1) is 7.11. The third-order valence-corrected chi connectivity index (χ3v) is 2.44. The fourth-order valence-corrected chi connectivity index (χ4v) is 1.97. The van der Waals surface area contributed by atoms with Crippen molar-refractivity contribution >= 4 is 11.6 Å². The van der Waals surface area contributed by atoms with Crippen LogP contribution in [0.2, 0.25) is 5.15 Å². The van der Waals surface area contributed by atoms with E-state index in [4.69, 9.17) is 11.6 Å². The van der Waals surface area contributed by atoms with Crippen LogP contribution in [0.25, 0.3) is 0 Å². The Labute approximate surface area is 71.4 Å². The number of hydrogen-bond acceptors (Lipinski definition) is 1. The van der Waals surface area contributed by atoms with E-state index in [1.807, 2.05) is 6.07 Å². The smallest absolute Gasteiger partial charge is 0.129 e. The van der Waals surface area contributed by atoms with Gasteiger partial charge in [-0.25, -0.2) is 4.98 Å². The lowest BCUT2D eigenvalue weighted by atomic mass is 10.1. The Morgan fingerprint density at radius 1 is 1.45 bits per heavy atom. The highest BCUT2D eigenvalue weighted by Gasteiger charge is 2.14. The molecule has 0 atom stereocenters. The molecule has 0 N–H and O–H groups in total. The number of hydrogen-bond donors (Lipinski definition) is 0. The summed E-state index contributed by atoms with van der Waals surface area (Å²) in [5.41, 5.74) is 3.95. The summed E-state index contributed by atoms with van der Waals surface area (Å²) in [6, 6.07) is 1.95. The fourth-order valence-electron chi connectivity index (χ4n) is 1.70. The number of rotatable bonds is 0. The summed E-state index contributed by atoms with van der Waals surface area (Å²) < 4.78 is 0. The summed E-state index contributed by atoms with van der Waals surface area (Å²) in [6.07, 6.45) is 3.53. The Hall–Kier alpha value is -0.560. The van der Waals surface area contributed by atoms with E-state index >= 15 is 0 Å². The van der Waals surface area contributed by atoms with E-state index in [1.165, 1.54) is 29.7 Å². The van der Waals surface area contributed by atoms with Gasteiger partial charge in [0.15, 0.2) is 0 Å². The molecular formula is C9H10ClN. The van der Waals surface area contributed by atoms with Crippen LogP contribution in [0.4, 0.5) is 0 Å². The van der Waals surface area contributed by atoms with Gasteiger partial charge in [-0.1, -0.05) is 11.6 Å². The maximum atomic E-state index is 5.82. The molecule has 0 fully saturated rings. The normalized spacial score (nSPS) is 15.1. The van der Waals surface area contributed by atoms with E-state index in [2.05, 4.69) is 11.9 Å². The third-order valence-electron chi connectivity index (χ3n) is 2.24. The minimum absolute atomic E-state index is 0.642. The van der Waals surface area contributed by atoms with Gasteiger partial charge < -0.3 is 0 Å². The number of aromatic nitrogens is 1. The van der Waals surface area contributed by atoms with Gasteiger partial charge in [0.25, 0.3) is 0 Å². The molecule has 0 saturated carbocycles. The molecule has 0 radical (unpaired) electrons. The molecule has 0 spiro atoms. The van der Waals surface area contributed by atoms with Crippen molar-refractivity contribution in [3.63, 3.8) is 0 Å². The van der Waals surface area contributed by atoms with Crippen LogP contribution >= 0.6 is 11.6 Å². The maximum Gasteiger partial charge on any atom is 0.129 e. The van der Waals surface area contributed by atoms with Gasteiger partial charge in [-0.05, 0) is 43.4 Å². The number of nitrogens with zero attached hydrogens (tertiary/aromatic N) is 1. The SMILES string of the molecule is Cc1cc(Cl)nc2c1CCC2. The van der Waals surface area contributed by atoms with Crippen molar-refractivity contribution in [3.05, 3.63) is 28.0 Å². The maximum absolute atomic E-state index is 5.82. The number of aryl methyl sites for hydroxylation is 2. The van der Waals surface area contributed by atoms with Gasteiger partial charge in [0, 0.05) is 5.69 Å². The van der Waals surface area contributed by atoms with Gasteiger partial charge >= 0.3 is 0 Å². The third kappa shape index (κ3) is 1.14. The minimum atomic E-state index is 0.642. The van der Waals surface area contributed by atoms with E-state index in [1.54, 1.807) is 0 Å². The van der Waals surface area contributed by atoms with E-state index in [9.17, 15) is 0 Å². The van der Waals surface area contributed by atoms with Crippen LogP contribution in [0.3, 0.4) is 0 Å². The molecule has 0 aromatic carbocycles. The molecule has 0 aliphatic heterocycles. The molecule has 1 heterocycles. The first-order valence-corrected chi connectivity index (χ1v) is 4.30. The van der Waals surface area contributed by atoms with Crippen molar-refractivity contribution in [3.8, 4) is 0 Å². The first-order valence-electron chi connectivity index (χ1n) is 3.92. The van der Waals surface area contributed by atoms with Crippen LogP contribution in [-0.2, 0) is 12.8 Å². The van der Waals surface area contributed by atoms with Crippen LogP contribution in [0.5, 0.6) is 0 Å². The molecule has 0 amide bonds. The summed E-state index contributed by atoms with van der Waals surface area (Å²) in [5, 5.41) is 0.642. The average molecular weight is 168 g/mol. The quantitative estimate of drug-likeness (QED) is 0.542. The average Bonchev–Trinajstić information content (AvgIpc) is 2.34. The minimum Gasteiger partial charge on any atom is -0.241 e. The Balaban J connectivity index is 2.60. The van der Waals surface area contributed by atoms with Crippen molar-refractivity contribution < 1.29 is 0 Å². The highest BCUT2D eigenvalue weighted by Crippen LogP contribution is 2.25. The van der Waals surface area contributed by atoms with Crippen molar-refractivity contribution in [2.45, 2.75) is 26.2 Å². The van der Waals surface area contributed by atoms with E-state index in [0.29, 0.717) is 5.15 Å². The van der Waals surface area contributed by atoms with Gasteiger partial charge in [-0.2, -0.15) is 0 Å². The zero-order valence-electron chi connectivity index (χ0n) is 6.52. The Morgan fingerprint density at radius 2 is 2.27 bits per heavy atom. The molecule has 2 heteroatoms. The molecular weight excluding hydrogens is 158 g/mol. The summed E-state index contributed by atoms with van der Waals surface area (Å²) in [7, 11) is 0. The number of fused-ring (bicyclic) bond motifs is 1. The molecule has 0 unspecified atom stereocenters. The van der Waals surface area contributed by atoms with Crippen LogP contribution in [0, 0.1) is 6.92 Å². The van der Waals surface area contributed by atoms with E-state index in [0.717, 1.165) is 6.42 Å². The zero-order chi connectivity index (χ0) is 7.84. The molecule has 1 aromatic rings. The Kier molecular flexibility index (Phi) is 1.61. The molecule has 1 nitrogen and oxygen atoms in total. The second-order valence-corrected chi connectivity index (χ2v) is 3.43. The largest absolute Gasteiger partial charge is 0.241 e. The predicted molar refractivity (Wildman–Crippen MR) is 46.0 cm³/mol. The van der Waals surface area contributed by atoms with Crippen LogP contribution in [0.15, 0.2) is 6.07 Å². The lowest BCUT2D eigenvalue weighted by Gasteiger charge is -2.02. The number of pyridine rings is 1. The van der Waals surface area contributed by atoms with Crippen LogP contribution < -0.4 is 0 Å². The summed E-state index contributed by atoms with van der Waals surface area (Å²) in [5.74, 6) is 0. The summed E-state index contributed by atoms with van der Waals surface area (Å²) in [4.78, 5) is 4.28. The van der Waals surface area contributed by atoms with Crippen molar-refractivity contribution in [1.29, 1.82) is 0 Å². The Morgan fingerprint density at radius 3 is 3.09 bits per heavy atom. The second-order valence-electron chi connectivity index (χ2n) is 3.04. The standard InChI is InChI=1S/C9H10ClN/c1-6-5-9(10)11-8-4-2-3-7(6)8/h5H,2-4H2,1H3. The Bertz CT molecular complexity index is 294. The van der Waals surface area contributed by atoms with Crippen LogP contribution in [0.1, 0.15) is 23.2 Å². The van der Waals surface area contributed by atoms with Crippen molar-refractivity contribution in [2.75, 3.05) is 0 Å². The van der Waals surface area contributed by atoms with Gasteiger partial charge in [0.05, 0.1) is 0 Å². The lowest BCUT2D eigenvalue weighted by molar-refractivity contribution is 0.898. The molecule has 2 rings (SSSR count). The van der Waals surface area contributed by atoms with E-state index in [-0.39, 0.29) is 0 Å². The predicted octanol–water partition coefficient (Wildman–Crippen LogP) is 2.53. The van der Waals surface area contributed by atoms with Crippen LogP contribution in [-0.4, -0.2) is 4.98 Å². The highest BCUT2D eigenvalue weighted by atomic mass is 35.5. The van der Waals surface area contributed by atoms with Gasteiger partial charge in [-0.15, -0.1) is 0 Å². The van der Waals surface area contributed by atoms with E-state index < -0.39 is 0 Å².